The van der Waals surface area contributed by atoms with E-state index in [1.54, 1.807) is 37.3 Å². The number of hydrogen-bond donors (Lipinski definition) is 6. The fourth-order valence-corrected chi connectivity index (χ4v) is 3.47. The molecule has 0 saturated carbocycles. The van der Waals surface area contributed by atoms with Gasteiger partial charge in [0.25, 0.3) is 0 Å². The first-order valence-electron chi connectivity index (χ1n) is 12.1. The summed E-state index contributed by atoms with van der Waals surface area (Å²) in [5.74, 6) is -5.05. The van der Waals surface area contributed by atoms with Crippen LogP contribution < -0.4 is 21.3 Å². The molecule has 1 aromatic rings. The third kappa shape index (κ3) is 12.0. The minimum absolute atomic E-state index is 0.0759. The number of amides is 4. The van der Waals surface area contributed by atoms with Gasteiger partial charge in [-0.05, 0) is 17.9 Å². The summed E-state index contributed by atoms with van der Waals surface area (Å²) in [7, 11) is 0. The zero-order valence-corrected chi connectivity index (χ0v) is 21.3. The summed E-state index contributed by atoms with van der Waals surface area (Å²) in [6.45, 7) is 4.69. The highest BCUT2D eigenvalue weighted by molar-refractivity contribution is 5.94. The number of carbonyl (C=O) groups excluding carboxylic acids is 4. The van der Waals surface area contributed by atoms with Crippen molar-refractivity contribution in [1.29, 1.82) is 0 Å². The Balaban J connectivity index is 3.11. The van der Waals surface area contributed by atoms with Crippen LogP contribution in [0.3, 0.4) is 0 Å². The molecule has 0 fully saturated rings. The largest absolute Gasteiger partial charge is 0.481 e. The SMILES string of the molecule is CCC(C)C(NC(C)=O)C(=O)NC(CCC(=O)O)C(=O)NC(Cc1ccccc1)C(=O)NCCC(=O)O. The maximum atomic E-state index is 13.2. The monoisotopic (exact) mass is 520 g/mol. The number of aliphatic carboxylic acids is 2. The second-order valence-electron chi connectivity index (χ2n) is 8.74. The van der Waals surface area contributed by atoms with E-state index in [1.807, 2.05) is 6.92 Å². The van der Waals surface area contributed by atoms with E-state index in [9.17, 15) is 28.8 Å². The van der Waals surface area contributed by atoms with Crippen molar-refractivity contribution in [1.82, 2.24) is 21.3 Å². The zero-order valence-electron chi connectivity index (χ0n) is 21.3. The lowest BCUT2D eigenvalue weighted by Gasteiger charge is -2.27. The van der Waals surface area contributed by atoms with Crippen molar-refractivity contribution in [3.8, 4) is 0 Å². The van der Waals surface area contributed by atoms with Crippen molar-refractivity contribution in [3.05, 3.63) is 35.9 Å². The van der Waals surface area contributed by atoms with Gasteiger partial charge in [-0.25, -0.2) is 0 Å². The highest BCUT2D eigenvalue weighted by Crippen LogP contribution is 2.10. The third-order valence-corrected chi connectivity index (χ3v) is 5.69. The van der Waals surface area contributed by atoms with Gasteiger partial charge in [0.05, 0.1) is 6.42 Å². The highest BCUT2D eigenvalue weighted by Gasteiger charge is 2.31. The Labute approximate surface area is 215 Å². The summed E-state index contributed by atoms with van der Waals surface area (Å²) in [5.41, 5.74) is 0.717. The van der Waals surface area contributed by atoms with Crippen molar-refractivity contribution >= 4 is 35.6 Å². The van der Waals surface area contributed by atoms with E-state index < -0.39 is 60.1 Å². The smallest absolute Gasteiger partial charge is 0.305 e. The van der Waals surface area contributed by atoms with Crippen LogP contribution in [0.5, 0.6) is 0 Å². The molecule has 0 saturated heterocycles. The summed E-state index contributed by atoms with van der Waals surface area (Å²) in [5, 5.41) is 28.1. The van der Waals surface area contributed by atoms with Gasteiger partial charge < -0.3 is 31.5 Å². The lowest BCUT2D eigenvalue weighted by molar-refractivity contribution is -0.139. The van der Waals surface area contributed by atoms with Crippen LogP contribution in [0.2, 0.25) is 0 Å². The van der Waals surface area contributed by atoms with Gasteiger partial charge in [-0.2, -0.15) is 0 Å². The van der Waals surface area contributed by atoms with Crippen LogP contribution in [0.4, 0.5) is 0 Å². The van der Waals surface area contributed by atoms with E-state index in [1.165, 1.54) is 6.92 Å². The number of carboxylic acid groups (broad SMARTS) is 2. The van der Waals surface area contributed by atoms with Crippen molar-refractivity contribution in [2.45, 2.75) is 71.0 Å². The zero-order chi connectivity index (χ0) is 28.0. The topological polar surface area (TPSA) is 191 Å². The molecule has 0 aliphatic rings. The van der Waals surface area contributed by atoms with Gasteiger partial charge >= 0.3 is 11.9 Å². The van der Waals surface area contributed by atoms with Crippen LogP contribution in [0.25, 0.3) is 0 Å². The first kappa shape index (κ1) is 31.1. The summed E-state index contributed by atoms with van der Waals surface area (Å²) in [6.07, 6.45) is -0.360. The molecule has 0 radical (unpaired) electrons. The normalized spacial score (nSPS) is 13.8. The molecule has 0 aliphatic heterocycles. The maximum Gasteiger partial charge on any atom is 0.305 e. The average Bonchev–Trinajstić information content (AvgIpc) is 2.84. The lowest BCUT2D eigenvalue weighted by atomic mass is 9.97. The number of nitrogens with one attached hydrogen (secondary N) is 4. The van der Waals surface area contributed by atoms with E-state index in [2.05, 4.69) is 21.3 Å². The van der Waals surface area contributed by atoms with E-state index in [4.69, 9.17) is 10.2 Å². The van der Waals surface area contributed by atoms with Gasteiger partial charge in [0.2, 0.25) is 23.6 Å². The molecule has 6 N–H and O–H groups in total. The summed E-state index contributed by atoms with van der Waals surface area (Å²) < 4.78 is 0. The fourth-order valence-electron chi connectivity index (χ4n) is 3.47. The maximum absolute atomic E-state index is 13.2. The number of rotatable bonds is 16. The summed E-state index contributed by atoms with van der Waals surface area (Å²) in [6, 6.07) is 5.43. The van der Waals surface area contributed by atoms with Crippen molar-refractivity contribution in [2.75, 3.05) is 6.54 Å². The summed E-state index contributed by atoms with van der Waals surface area (Å²) in [4.78, 5) is 72.5. The molecule has 4 atom stereocenters. The summed E-state index contributed by atoms with van der Waals surface area (Å²) >= 11 is 0. The van der Waals surface area contributed by atoms with E-state index >= 15 is 0 Å². The Hall–Kier alpha value is -3.96. The van der Waals surface area contributed by atoms with E-state index in [0.717, 1.165) is 5.56 Å². The number of carbonyl (C=O) groups is 6. The second-order valence-corrected chi connectivity index (χ2v) is 8.74. The van der Waals surface area contributed by atoms with Gasteiger partial charge in [0, 0.05) is 26.3 Å². The van der Waals surface area contributed by atoms with Gasteiger partial charge in [0.15, 0.2) is 0 Å². The van der Waals surface area contributed by atoms with Crippen molar-refractivity contribution < 1.29 is 39.0 Å². The van der Waals surface area contributed by atoms with Crippen LogP contribution in [-0.4, -0.2) is 70.5 Å². The molecule has 0 spiro atoms. The minimum atomic E-state index is -1.30. The van der Waals surface area contributed by atoms with Crippen LogP contribution in [0.15, 0.2) is 30.3 Å². The van der Waals surface area contributed by atoms with Gasteiger partial charge in [-0.15, -0.1) is 0 Å². The molecular formula is C25H36N4O8. The minimum Gasteiger partial charge on any atom is -0.481 e. The Kier molecular flexibility index (Phi) is 13.4. The quantitative estimate of drug-likeness (QED) is 0.178. The average molecular weight is 521 g/mol. The second kappa shape index (κ2) is 15.9. The molecule has 37 heavy (non-hydrogen) atoms. The first-order valence-corrected chi connectivity index (χ1v) is 12.1. The number of hydrogen-bond acceptors (Lipinski definition) is 6. The first-order chi connectivity index (χ1) is 17.4. The Bertz CT molecular complexity index is 953. The van der Waals surface area contributed by atoms with Gasteiger partial charge in [-0.3, -0.25) is 28.8 Å². The van der Waals surface area contributed by atoms with Gasteiger partial charge in [0.1, 0.15) is 18.1 Å². The van der Waals surface area contributed by atoms with Crippen molar-refractivity contribution in [2.24, 2.45) is 5.92 Å². The molecule has 1 aromatic carbocycles. The predicted octanol–water partition coefficient (Wildman–Crippen LogP) is 0.205. The molecular weight excluding hydrogens is 484 g/mol. The molecule has 12 heteroatoms. The van der Waals surface area contributed by atoms with Gasteiger partial charge in [-0.1, -0.05) is 50.6 Å². The lowest BCUT2D eigenvalue weighted by Crippen LogP contribution is -2.58. The van der Waals surface area contributed by atoms with Crippen LogP contribution >= 0.6 is 0 Å². The molecule has 0 bridgehead atoms. The Morgan fingerprint density at radius 3 is 1.95 bits per heavy atom. The molecule has 4 amide bonds. The molecule has 0 heterocycles. The Morgan fingerprint density at radius 2 is 1.41 bits per heavy atom. The Morgan fingerprint density at radius 1 is 0.811 bits per heavy atom. The molecule has 204 valence electrons. The third-order valence-electron chi connectivity index (χ3n) is 5.69. The van der Waals surface area contributed by atoms with Crippen LogP contribution in [0, 0.1) is 5.92 Å². The van der Waals surface area contributed by atoms with Crippen molar-refractivity contribution in [3.63, 3.8) is 0 Å². The highest BCUT2D eigenvalue weighted by atomic mass is 16.4. The molecule has 0 aromatic heterocycles. The molecule has 1 rings (SSSR count). The molecule has 4 unspecified atom stereocenters. The van der Waals surface area contributed by atoms with E-state index in [0.29, 0.717) is 6.42 Å². The number of carboxylic acids is 2. The van der Waals surface area contributed by atoms with Crippen LogP contribution in [0.1, 0.15) is 52.0 Å². The number of benzene rings is 1. The van der Waals surface area contributed by atoms with E-state index in [-0.39, 0.29) is 31.7 Å². The fraction of sp³-hybridized carbons (Fsp3) is 0.520. The standard InChI is InChI=1S/C25H36N4O8/c1-4-15(2)22(27-16(3)30)25(37)28-18(10-11-20(31)32)24(36)29-19(14-17-8-6-5-7-9-17)23(35)26-13-12-21(33)34/h5-9,15,18-19,22H,4,10-14H2,1-3H3,(H,26,35)(H,27,30)(H,28,37)(H,29,36)(H,31,32)(H,33,34). The molecule has 12 nitrogen and oxygen atoms in total. The van der Waals surface area contributed by atoms with Crippen LogP contribution in [-0.2, 0) is 35.2 Å². The predicted molar refractivity (Wildman–Crippen MR) is 133 cm³/mol. The molecule has 0 aliphatic carbocycles.